The number of terminal acetylenes is 1. The monoisotopic (exact) mass is 284 g/mol. The number of nitrogens with zero attached hydrogens (tertiary/aromatic N) is 4. The van der Waals surface area contributed by atoms with E-state index in [9.17, 15) is 0 Å². The number of hydrogen-bond acceptors (Lipinski definition) is 5. The highest BCUT2D eigenvalue weighted by Crippen LogP contribution is 2.17. The van der Waals surface area contributed by atoms with Crippen LogP contribution in [-0.2, 0) is 4.84 Å². The molecule has 21 heavy (non-hydrogen) atoms. The molecule has 0 atom stereocenters. The highest BCUT2D eigenvalue weighted by atomic mass is 16.6. The number of ether oxygens (including phenoxy) is 1. The molecule has 0 unspecified atom stereocenters. The molecule has 2 aromatic rings. The normalized spacial score (nSPS) is 11.0. The Labute approximate surface area is 123 Å². The summed E-state index contributed by atoms with van der Waals surface area (Å²) >= 11 is 0. The van der Waals surface area contributed by atoms with Gasteiger partial charge in [0, 0.05) is 0 Å². The number of aromatic nitrogens is 3. The Balaban J connectivity index is 2.27. The summed E-state index contributed by atoms with van der Waals surface area (Å²) in [6.45, 7) is 3.84. The van der Waals surface area contributed by atoms with Crippen LogP contribution in [0.25, 0.3) is 5.69 Å². The molecule has 0 spiro atoms. The lowest BCUT2D eigenvalue weighted by molar-refractivity contribution is 0.180. The fourth-order valence-corrected chi connectivity index (χ4v) is 1.84. The van der Waals surface area contributed by atoms with Gasteiger partial charge in [-0.15, -0.1) is 11.5 Å². The van der Waals surface area contributed by atoms with E-state index in [0.717, 1.165) is 17.1 Å². The quantitative estimate of drug-likeness (QED) is 0.364. The lowest BCUT2D eigenvalue weighted by Crippen LogP contribution is -2.02. The maximum absolute atomic E-state index is 5.14. The molecule has 108 valence electrons. The molecule has 1 heterocycles. The van der Waals surface area contributed by atoms with Gasteiger partial charge in [0.2, 0.25) is 0 Å². The number of oxime groups is 1. The highest BCUT2D eigenvalue weighted by Gasteiger charge is 2.13. The molecular weight excluding hydrogens is 268 g/mol. The van der Waals surface area contributed by atoms with E-state index in [4.69, 9.17) is 16.0 Å². The zero-order chi connectivity index (χ0) is 15.2. The van der Waals surface area contributed by atoms with Gasteiger partial charge in [0.1, 0.15) is 17.2 Å². The molecule has 0 amide bonds. The Kier molecular flexibility index (Phi) is 4.57. The van der Waals surface area contributed by atoms with Gasteiger partial charge in [-0.2, -0.15) is 0 Å². The van der Waals surface area contributed by atoms with Crippen molar-refractivity contribution in [1.82, 2.24) is 15.0 Å². The van der Waals surface area contributed by atoms with Gasteiger partial charge < -0.3 is 9.57 Å². The third-order valence-corrected chi connectivity index (χ3v) is 2.90. The number of benzene rings is 1. The van der Waals surface area contributed by atoms with E-state index in [1.165, 1.54) is 0 Å². The first-order valence-electron chi connectivity index (χ1n) is 6.34. The van der Waals surface area contributed by atoms with E-state index >= 15 is 0 Å². The minimum atomic E-state index is 0.128. The first-order chi connectivity index (χ1) is 10.2. The molecule has 0 aliphatic rings. The third kappa shape index (κ3) is 3.20. The van der Waals surface area contributed by atoms with Crippen molar-refractivity contribution in [3.8, 4) is 23.8 Å². The van der Waals surface area contributed by atoms with Crippen LogP contribution in [0.2, 0.25) is 0 Å². The molecule has 0 saturated carbocycles. The van der Waals surface area contributed by atoms with Crippen molar-refractivity contribution in [2.45, 2.75) is 13.8 Å². The van der Waals surface area contributed by atoms with Crippen molar-refractivity contribution in [3.05, 3.63) is 35.7 Å². The van der Waals surface area contributed by atoms with Crippen molar-refractivity contribution in [3.63, 3.8) is 0 Å². The zero-order valence-corrected chi connectivity index (χ0v) is 12.2. The van der Waals surface area contributed by atoms with Gasteiger partial charge in [-0.25, -0.2) is 4.68 Å². The maximum Gasteiger partial charge on any atom is 0.177 e. The summed E-state index contributed by atoms with van der Waals surface area (Å²) in [5.41, 5.74) is 3.06. The number of hydrogen-bond donors (Lipinski definition) is 0. The molecule has 0 bridgehead atoms. The van der Waals surface area contributed by atoms with Crippen LogP contribution in [0.1, 0.15) is 18.3 Å². The second kappa shape index (κ2) is 6.57. The van der Waals surface area contributed by atoms with Crippen LogP contribution >= 0.6 is 0 Å². The van der Waals surface area contributed by atoms with Crippen molar-refractivity contribution in [1.29, 1.82) is 0 Å². The second-order valence-corrected chi connectivity index (χ2v) is 4.29. The summed E-state index contributed by atoms with van der Waals surface area (Å²) in [5.74, 6) is 3.14. The number of rotatable bonds is 5. The van der Waals surface area contributed by atoms with Crippen LogP contribution < -0.4 is 4.74 Å². The van der Waals surface area contributed by atoms with Gasteiger partial charge >= 0.3 is 0 Å². The molecule has 2 rings (SSSR count). The summed E-state index contributed by atoms with van der Waals surface area (Å²) < 4.78 is 6.87. The molecule has 6 heteroatoms. The van der Waals surface area contributed by atoms with E-state index < -0.39 is 0 Å². The van der Waals surface area contributed by atoms with Crippen molar-refractivity contribution in [2.24, 2.45) is 5.16 Å². The summed E-state index contributed by atoms with van der Waals surface area (Å²) in [7, 11) is 1.63. The fraction of sp³-hybridized carbons (Fsp3) is 0.267. The van der Waals surface area contributed by atoms with E-state index in [-0.39, 0.29) is 6.61 Å². The molecule has 6 nitrogen and oxygen atoms in total. The Morgan fingerprint density at radius 2 is 2.10 bits per heavy atom. The van der Waals surface area contributed by atoms with Gasteiger partial charge in [0.15, 0.2) is 6.61 Å². The van der Waals surface area contributed by atoms with Crippen molar-refractivity contribution >= 4 is 5.71 Å². The summed E-state index contributed by atoms with van der Waals surface area (Å²) in [5, 5.41) is 12.2. The SMILES string of the molecule is C#CCON=C(C)c1nnn(-c2ccc(OC)cc2)c1C. The third-order valence-electron chi connectivity index (χ3n) is 2.90. The van der Waals surface area contributed by atoms with Crippen LogP contribution in [0.15, 0.2) is 29.4 Å². The molecule has 0 fully saturated rings. The molecule has 0 aliphatic heterocycles. The second-order valence-electron chi connectivity index (χ2n) is 4.29. The lowest BCUT2D eigenvalue weighted by Gasteiger charge is -2.05. The largest absolute Gasteiger partial charge is 0.497 e. The van der Waals surface area contributed by atoms with E-state index in [2.05, 4.69) is 21.4 Å². The highest BCUT2D eigenvalue weighted by molar-refractivity contribution is 5.97. The average Bonchev–Trinajstić information content (AvgIpc) is 2.89. The predicted molar refractivity (Wildman–Crippen MR) is 79.6 cm³/mol. The van der Waals surface area contributed by atoms with Crippen LogP contribution in [0.5, 0.6) is 5.75 Å². The number of methoxy groups -OCH3 is 1. The Bertz CT molecular complexity index is 681. The standard InChI is InChI=1S/C15H16N4O2/c1-5-10-21-17-11(2)15-12(3)19(18-16-15)13-6-8-14(20-4)9-7-13/h1,6-9H,10H2,2-4H3. The first-order valence-corrected chi connectivity index (χ1v) is 6.34. The smallest absolute Gasteiger partial charge is 0.177 e. The van der Waals surface area contributed by atoms with Crippen LogP contribution in [-0.4, -0.2) is 34.4 Å². The van der Waals surface area contributed by atoms with Gasteiger partial charge in [-0.3, -0.25) is 0 Å². The molecular formula is C15H16N4O2. The van der Waals surface area contributed by atoms with Gasteiger partial charge in [0.05, 0.1) is 18.5 Å². The van der Waals surface area contributed by atoms with Crippen LogP contribution in [0, 0.1) is 19.3 Å². The molecule has 1 aromatic heterocycles. The Hall–Kier alpha value is -2.81. The minimum absolute atomic E-state index is 0.128. The van der Waals surface area contributed by atoms with Crippen molar-refractivity contribution < 1.29 is 9.57 Å². The Morgan fingerprint density at radius 3 is 2.71 bits per heavy atom. The van der Waals surface area contributed by atoms with Gasteiger partial charge in [0.25, 0.3) is 0 Å². The van der Waals surface area contributed by atoms with E-state index in [1.807, 2.05) is 31.2 Å². The molecule has 0 radical (unpaired) electrons. The van der Waals surface area contributed by atoms with Gasteiger partial charge in [-0.05, 0) is 38.1 Å². The minimum Gasteiger partial charge on any atom is -0.497 e. The van der Waals surface area contributed by atoms with Gasteiger partial charge in [-0.1, -0.05) is 16.3 Å². The van der Waals surface area contributed by atoms with E-state index in [1.54, 1.807) is 18.7 Å². The molecule has 1 aromatic carbocycles. The molecule has 0 aliphatic carbocycles. The zero-order valence-electron chi connectivity index (χ0n) is 12.2. The summed E-state index contributed by atoms with van der Waals surface area (Å²) in [4.78, 5) is 4.96. The van der Waals surface area contributed by atoms with E-state index in [0.29, 0.717) is 11.4 Å². The molecule has 0 saturated heterocycles. The lowest BCUT2D eigenvalue weighted by atomic mass is 10.2. The van der Waals surface area contributed by atoms with Crippen LogP contribution in [0.4, 0.5) is 0 Å². The summed E-state index contributed by atoms with van der Waals surface area (Å²) in [6.07, 6.45) is 5.10. The fourth-order valence-electron chi connectivity index (χ4n) is 1.84. The molecule has 0 N–H and O–H groups in total. The summed E-state index contributed by atoms with van der Waals surface area (Å²) in [6, 6.07) is 7.55. The topological polar surface area (TPSA) is 61.5 Å². The Morgan fingerprint density at radius 1 is 1.38 bits per heavy atom. The first kappa shape index (κ1) is 14.6. The van der Waals surface area contributed by atoms with Crippen molar-refractivity contribution in [2.75, 3.05) is 13.7 Å². The average molecular weight is 284 g/mol. The predicted octanol–water partition coefficient (Wildman–Crippen LogP) is 1.96. The van der Waals surface area contributed by atoms with Crippen LogP contribution in [0.3, 0.4) is 0 Å². The maximum atomic E-state index is 5.14.